The van der Waals surface area contributed by atoms with Crippen LogP contribution in [0.25, 0.3) is 0 Å². The van der Waals surface area contributed by atoms with E-state index in [0.29, 0.717) is 13.0 Å². The lowest BCUT2D eigenvalue weighted by Crippen LogP contribution is -2.40. The van der Waals surface area contributed by atoms with Gasteiger partial charge in [-0.25, -0.2) is 0 Å². The Labute approximate surface area is 109 Å². The van der Waals surface area contributed by atoms with E-state index in [1.54, 1.807) is 19.1 Å². The van der Waals surface area contributed by atoms with E-state index in [2.05, 4.69) is 0 Å². The van der Waals surface area contributed by atoms with E-state index in [4.69, 9.17) is 10.5 Å². The molecule has 1 atom stereocenters. The Hall–Kier alpha value is -1.55. The second-order valence-electron chi connectivity index (χ2n) is 4.52. The number of amides is 1. The SMILES string of the molecule is CCC(N)C(=O)N(C)Cc1cc(C)ccc1OC. The van der Waals surface area contributed by atoms with Gasteiger partial charge in [0.15, 0.2) is 0 Å². The molecule has 2 N–H and O–H groups in total. The molecular weight excluding hydrogens is 228 g/mol. The van der Waals surface area contributed by atoms with Crippen molar-refractivity contribution in [2.45, 2.75) is 32.9 Å². The van der Waals surface area contributed by atoms with Crippen LogP contribution in [0.3, 0.4) is 0 Å². The molecule has 0 aliphatic rings. The number of likely N-dealkylation sites (N-methyl/N-ethyl adjacent to an activating group) is 1. The van der Waals surface area contributed by atoms with Crippen LogP contribution >= 0.6 is 0 Å². The summed E-state index contributed by atoms with van der Waals surface area (Å²) in [7, 11) is 3.40. The number of rotatable bonds is 5. The van der Waals surface area contributed by atoms with Crippen LogP contribution in [0.2, 0.25) is 0 Å². The summed E-state index contributed by atoms with van der Waals surface area (Å²) in [6, 6.07) is 5.51. The molecule has 0 heterocycles. The zero-order valence-electron chi connectivity index (χ0n) is 11.6. The highest BCUT2D eigenvalue weighted by Crippen LogP contribution is 2.21. The Bertz CT molecular complexity index is 418. The largest absolute Gasteiger partial charge is 0.496 e. The Morgan fingerprint density at radius 3 is 2.72 bits per heavy atom. The van der Waals surface area contributed by atoms with E-state index >= 15 is 0 Å². The predicted molar refractivity (Wildman–Crippen MR) is 72.5 cm³/mol. The van der Waals surface area contributed by atoms with Gasteiger partial charge in [0.2, 0.25) is 5.91 Å². The van der Waals surface area contributed by atoms with Gasteiger partial charge in [0.1, 0.15) is 5.75 Å². The Morgan fingerprint density at radius 2 is 2.17 bits per heavy atom. The van der Waals surface area contributed by atoms with Gasteiger partial charge < -0.3 is 15.4 Å². The molecule has 0 radical (unpaired) electrons. The van der Waals surface area contributed by atoms with E-state index in [-0.39, 0.29) is 5.91 Å². The summed E-state index contributed by atoms with van der Waals surface area (Å²) in [5.41, 5.74) is 7.89. The number of nitrogens with two attached hydrogens (primary N) is 1. The summed E-state index contributed by atoms with van der Waals surface area (Å²) in [6.07, 6.45) is 0.647. The van der Waals surface area contributed by atoms with E-state index in [9.17, 15) is 4.79 Å². The molecule has 4 nitrogen and oxygen atoms in total. The van der Waals surface area contributed by atoms with Crippen molar-refractivity contribution in [2.24, 2.45) is 5.73 Å². The van der Waals surface area contributed by atoms with Crippen LogP contribution in [0.5, 0.6) is 5.75 Å². The topological polar surface area (TPSA) is 55.6 Å². The highest BCUT2D eigenvalue weighted by Gasteiger charge is 2.17. The number of carbonyl (C=O) groups excluding carboxylic acids is 1. The van der Waals surface area contributed by atoms with Crippen molar-refractivity contribution < 1.29 is 9.53 Å². The molecule has 0 spiro atoms. The fourth-order valence-electron chi connectivity index (χ4n) is 1.82. The maximum absolute atomic E-state index is 11.9. The second-order valence-corrected chi connectivity index (χ2v) is 4.52. The first-order valence-electron chi connectivity index (χ1n) is 6.13. The smallest absolute Gasteiger partial charge is 0.239 e. The summed E-state index contributed by atoms with van der Waals surface area (Å²) < 4.78 is 5.30. The van der Waals surface area contributed by atoms with Crippen LogP contribution in [0.4, 0.5) is 0 Å². The Kier molecular flexibility index (Phi) is 5.16. The van der Waals surface area contributed by atoms with Gasteiger partial charge in [0, 0.05) is 19.2 Å². The van der Waals surface area contributed by atoms with Crippen molar-refractivity contribution in [3.63, 3.8) is 0 Å². The van der Waals surface area contributed by atoms with Crippen LogP contribution in [0.1, 0.15) is 24.5 Å². The maximum Gasteiger partial charge on any atom is 0.239 e. The molecule has 18 heavy (non-hydrogen) atoms. The average Bonchev–Trinajstić information content (AvgIpc) is 2.37. The monoisotopic (exact) mass is 250 g/mol. The summed E-state index contributed by atoms with van der Waals surface area (Å²) in [5.74, 6) is 0.756. The normalized spacial score (nSPS) is 12.1. The van der Waals surface area contributed by atoms with Crippen LogP contribution in [0.15, 0.2) is 18.2 Å². The van der Waals surface area contributed by atoms with Crippen LogP contribution < -0.4 is 10.5 Å². The first kappa shape index (κ1) is 14.5. The van der Waals surface area contributed by atoms with E-state index < -0.39 is 6.04 Å². The van der Waals surface area contributed by atoms with E-state index in [0.717, 1.165) is 16.9 Å². The Morgan fingerprint density at radius 1 is 1.50 bits per heavy atom. The predicted octanol–water partition coefficient (Wildman–Crippen LogP) is 1.70. The zero-order chi connectivity index (χ0) is 13.7. The third kappa shape index (κ3) is 3.47. The van der Waals surface area contributed by atoms with Crippen molar-refractivity contribution in [3.05, 3.63) is 29.3 Å². The number of nitrogens with zero attached hydrogens (tertiary/aromatic N) is 1. The van der Waals surface area contributed by atoms with Gasteiger partial charge in [0.05, 0.1) is 13.2 Å². The number of ether oxygens (including phenoxy) is 1. The minimum Gasteiger partial charge on any atom is -0.496 e. The van der Waals surface area contributed by atoms with Gasteiger partial charge in [-0.05, 0) is 19.4 Å². The van der Waals surface area contributed by atoms with Gasteiger partial charge in [-0.15, -0.1) is 0 Å². The van der Waals surface area contributed by atoms with Crippen molar-refractivity contribution in [2.75, 3.05) is 14.2 Å². The standard InChI is InChI=1S/C14H22N2O2/c1-5-12(15)14(17)16(3)9-11-8-10(2)6-7-13(11)18-4/h6-8,12H,5,9,15H2,1-4H3. The molecule has 0 saturated heterocycles. The molecule has 0 saturated carbocycles. The molecular formula is C14H22N2O2. The summed E-state index contributed by atoms with van der Waals surface area (Å²) in [4.78, 5) is 13.6. The molecule has 1 aromatic rings. The molecule has 0 bridgehead atoms. The molecule has 0 fully saturated rings. The highest BCUT2D eigenvalue weighted by molar-refractivity contribution is 5.81. The van der Waals surface area contributed by atoms with Crippen molar-refractivity contribution >= 4 is 5.91 Å². The number of aryl methyl sites for hydroxylation is 1. The minimum atomic E-state index is -0.425. The van der Waals surface area contributed by atoms with Crippen molar-refractivity contribution in [1.29, 1.82) is 0 Å². The second kappa shape index (κ2) is 6.40. The van der Waals surface area contributed by atoms with Crippen molar-refractivity contribution in [3.8, 4) is 5.75 Å². The first-order chi connectivity index (χ1) is 8.49. The van der Waals surface area contributed by atoms with Crippen molar-refractivity contribution in [1.82, 2.24) is 4.90 Å². The fourth-order valence-corrected chi connectivity index (χ4v) is 1.82. The quantitative estimate of drug-likeness (QED) is 0.865. The maximum atomic E-state index is 11.9. The van der Waals surface area contributed by atoms with E-state index in [1.807, 2.05) is 32.0 Å². The molecule has 1 aromatic carbocycles. The first-order valence-corrected chi connectivity index (χ1v) is 6.13. The van der Waals surface area contributed by atoms with Crippen LogP contribution in [0, 0.1) is 6.92 Å². The molecule has 0 aromatic heterocycles. The number of hydrogen-bond acceptors (Lipinski definition) is 3. The molecule has 0 aliphatic heterocycles. The Balaban J connectivity index is 2.83. The average molecular weight is 250 g/mol. The van der Waals surface area contributed by atoms with Gasteiger partial charge in [-0.2, -0.15) is 0 Å². The third-order valence-electron chi connectivity index (χ3n) is 2.98. The van der Waals surface area contributed by atoms with Gasteiger partial charge in [-0.3, -0.25) is 4.79 Å². The lowest BCUT2D eigenvalue weighted by Gasteiger charge is -2.22. The molecule has 1 amide bonds. The molecule has 0 aliphatic carbocycles. The van der Waals surface area contributed by atoms with Gasteiger partial charge in [0.25, 0.3) is 0 Å². The molecule has 1 rings (SSSR count). The highest BCUT2D eigenvalue weighted by atomic mass is 16.5. The lowest BCUT2D eigenvalue weighted by atomic mass is 10.1. The van der Waals surface area contributed by atoms with Gasteiger partial charge in [-0.1, -0.05) is 24.6 Å². The number of carbonyl (C=O) groups is 1. The van der Waals surface area contributed by atoms with Gasteiger partial charge >= 0.3 is 0 Å². The molecule has 4 heteroatoms. The zero-order valence-corrected chi connectivity index (χ0v) is 11.6. The van der Waals surface area contributed by atoms with Crippen LogP contribution in [-0.4, -0.2) is 31.0 Å². The summed E-state index contributed by atoms with van der Waals surface area (Å²) in [6.45, 7) is 4.43. The fraction of sp³-hybridized carbons (Fsp3) is 0.500. The summed E-state index contributed by atoms with van der Waals surface area (Å²) >= 11 is 0. The van der Waals surface area contributed by atoms with Crippen LogP contribution in [-0.2, 0) is 11.3 Å². The molecule has 100 valence electrons. The van der Waals surface area contributed by atoms with E-state index in [1.165, 1.54) is 0 Å². The minimum absolute atomic E-state index is 0.0407. The lowest BCUT2D eigenvalue weighted by molar-refractivity contribution is -0.131. The molecule has 1 unspecified atom stereocenters. The number of benzene rings is 1. The summed E-state index contributed by atoms with van der Waals surface area (Å²) in [5, 5.41) is 0. The number of methoxy groups -OCH3 is 1. The number of hydrogen-bond donors (Lipinski definition) is 1. The third-order valence-corrected chi connectivity index (χ3v) is 2.98.